The van der Waals surface area contributed by atoms with Gasteiger partial charge in [-0.3, -0.25) is 14.9 Å². The van der Waals surface area contributed by atoms with E-state index in [-0.39, 0.29) is 12.1 Å². The highest BCUT2D eigenvalue weighted by atomic mass is 19.4. The van der Waals surface area contributed by atoms with Crippen molar-refractivity contribution in [1.29, 1.82) is 5.26 Å². The van der Waals surface area contributed by atoms with Crippen LogP contribution >= 0.6 is 0 Å². The Morgan fingerprint density at radius 2 is 2.05 bits per heavy atom. The number of hydrogen-bond acceptors (Lipinski definition) is 4. The zero-order chi connectivity index (χ0) is 15.5. The Kier molecular flexibility index (Phi) is 4.24. The van der Waals surface area contributed by atoms with Crippen LogP contribution in [0.25, 0.3) is 0 Å². The number of nitrogens with zero attached hydrogens (tertiary/aromatic N) is 2. The number of amides is 1. The number of nitro benzene ring substituents is 1. The quantitative estimate of drug-likeness (QED) is 0.526. The molecule has 0 radical (unpaired) electrons. The van der Waals surface area contributed by atoms with Gasteiger partial charge in [0.05, 0.1) is 22.6 Å². The van der Waals surface area contributed by atoms with Gasteiger partial charge in [0.15, 0.2) is 0 Å². The van der Waals surface area contributed by atoms with Crippen molar-refractivity contribution in [2.75, 3.05) is 5.32 Å². The molecule has 0 unspecified atom stereocenters. The van der Waals surface area contributed by atoms with Crippen molar-refractivity contribution >= 4 is 17.3 Å². The minimum atomic E-state index is -5.08. The molecule has 1 aromatic carbocycles. The van der Waals surface area contributed by atoms with Crippen molar-refractivity contribution < 1.29 is 27.3 Å². The molecule has 10 heteroatoms. The molecule has 0 aliphatic carbocycles. The van der Waals surface area contributed by atoms with Gasteiger partial charge < -0.3 is 5.32 Å². The second-order valence-electron chi connectivity index (χ2n) is 3.49. The van der Waals surface area contributed by atoms with E-state index in [4.69, 9.17) is 5.26 Å². The summed E-state index contributed by atoms with van der Waals surface area (Å²) in [6, 6.07) is 1.59. The lowest BCUT2D eigenvalue weighted by Crippen LogP contribution is -2.15. The first-order valence-corrected chi connectivity index (χ1v) is 4.88. The summed E-state index contributed by atoms with van der Waals surface area (Å²) < 4.78 is 50.6. The first-order valence-electron chi connectivity index (χ1n) is 4.88. The number of hydrogen-bond donors (Lipinski definition) is 1. The lowest BCUT2D eigenvalue weighted by Gasteiger charge is -2.11. The lowest BCUT2D eigenvalue weighted by atomic mass is 10.1. The Morgan fingerprint density at radius 1 is 1.45 bits per heavy atom. The summed E-state index contributed by atoms with van der Waals surface area (Å²) >= 11 is 0. The van der Waals surface area contributed by atoms with Gasteiger partial charge >= 0.3 is 6.18 Å². The van der Waals surface area contributed by atoms with E-state index in [1.54, 1.807) is 5.32 Å². The molecule has 0 saturated carbocycles. The Balaban J connectivity index is 3.35. The SMILES string of the molecule is N#CCC(=O)Nc1cc(C(F)(F)F)c(F)cc1[N+](=O)[O-]. The molecule has 1 aromatic rings. The fourth-order valence-corrected chi connectivity index (χ4v) is 1.30. The van der Waals surface area contributed by atoms with E-state index >= 15 is 0 Å². The predicted octanol–water partition coefficient (Wildman–Crippen LogP) is 2.60. The van der Waals surface area contributed by atoms with Crippen molar-refractivity contribution in [1.82, 2.24) is 0 Å². The molecule has 1 rings (SSSR count). The molecule has 20 heavy (non-hydrogen) atoms. The minimum Gasteiger partial charge on any atom is -0.319 e. The first-order chi connectivity index (χ1) is 9.16. The van der Waals surface area contributed by atoms with Crippen LogP contribution in [0.3, 0.4) is 0 Å². The maximum atomic E-state index is 13.2. The van der Waals surface area contributed by atoms with Crippen LogP contribution in [-0.2, 0) is 11.0 Å². The number of carbonyl (C=O) groups excluding carboxylic acids is 1. The molecule has 0 fully saturated rings. The number of anilines is 1. The summed E-state index contributed by atoms with van der Waals surface area (Å²) in [6.07, 6.45) is -5.79. The standard InChI is InChI=1S/C10H5F4N3O3/c11-6-4-8(17(19)20)7(16-9(18)1-2-15)3-5(6)10(12,13)14/h3-4H,1H2,(H,16,18). The van der Waals surface area contributed by atoms with Gasteiger partial charge in [-0.25, -0.2) is 4.39 Å². The molecule has 106 valence electrons. The predicted molar refractivity (Wildman–Crippen MR) is 56.9 cm³/mol. The zero-order valence-corrected chi connectivity index (χ0v) is 9.49. The molecular formula is C10H5F4N3O3. The fraction of sp³-hybridized carbons (Fsp3) is 0.200. The third-order valence-corrected chi connectivity index (χ3v) is 2.10. The van der Waals surface area contributed by atoms with Gasteiger partial charge in [-0.1, -0.05) is 0 Å². The van der Waals surface area contributed by atoms with E-state index in [0.717, 1.165) is 0 Å². The Bertz CT molecular complexity index is 607. The molecule has 0 atom stereocenters. The number of nitro groups is 1. The number of rotatable bonds is 3. The molecule has 1 amide bonds. The smallest absolute Gasteiger partial charge is 0.319 e. The van der Waals surface area contributed by atoms with E-state index in [9.17, 15) is 32.5 Å². The Hall–Kier alpha value is -2.70. The summed E-state index contributed by atoms with van der Waals surface area (Å²) in [5, 5.41) is 20.6. The van der Waals surface area contributed by atoms with Gasteiger partial charge in [-0.05, 0) is 6.07 Å². The molecule has 0 aliphatic rings. The molecule has 6 nitrogen and oxygen atoms in total. The highest BCUT2D eigenvalue weighted by Crippen LogP contribution is 2.37. The molecular weight excluding hydrogens is 286 g/mol. The fourth-order valence-electron chi connectivity index (χ4n) is 1.30. The van der Waals surface area contributed by atoms with E-state index in [1.807, 2.05) is 0 Å². The summed E-state index contributed by atoms with van der Waals surface area (Å²) in [5.41, 5.74) is -3.62. The third kappa shape index (κ3) is 3.41. The molecule has 0 saturated heterocycles. The van der Waals surface area contributed by atoms with Crippen molar-refractivity contribution in [2.24, 2.45) is 0 Å². The van der Waals surface area contributed by atoms with Crippen molar-refractivity contribution in [3.63, 3.8) is 0 Å². The van der Waals surface area contributed by atoms with Crippen molar-refractivity contribution in [3.05, 3.63) is 33.6 Å². The largest absolute Gasteiger partial charge is 0.419 e. The summed E-state index contributed by atoms with van der Waals surface area (Å²) in [6.45, 7) is 0. The average molecular weight is 291 g/mol. The maximum absolute atomic E-state index is 13.2. The first kappa shape index (κ1) is 15.4. The Labute approximate surface area is 108 Å². The van der Waals surface area contributed by atoms with Crippen LogP contribution in [0.15, 0.2) is 12.1 Å². The number of carbonyl (C=O) groups is 1. The topological polar surface area (TPSA) is 96.0 Å². The summed E-state index contributed by atoms with van der Waals surface area (Å²) in [7, 11) is 0. The van der Waals surface area contributed by atoms with Crippen LogP contribution < -0.4 is 5.32 Å². The van der Waals surface area contributed by atoms with E-state index in [2.05, 4.69) is 0 Å². The number of halogens is 4. The minimum absolute atomic E-state index is 0.0603. The average Bonchev–Trinajstić information content (AvgIpc) is 2.29. The van der Waals surface area contributed by atoms with Gasteiger partial charge in [0, 0.05) is 0 Å². The lowest BCUT2D eigenvalue weighted by molar-refractivity contribution is -0.384. The highest BCUT2D eigenvalue weighted by molar-refractivity contribution is 5.94. The van der Waals surface area contributed by atoms with Gasteiger partial charge in [0.25, 0.3) is 5.69 Å². The van der Waals surface area contributed by atoms with Crippen LogP contribution in [-0.4, -0.2) is 10.8 Å². The number of benzene rings is 1. The van der Waals surface area contributed by atoms with Gasteiger partial charge in [0.2, 0.25) is 5.91 Å². The second-order valence-corrected chi connectivity index (χ2v) is 3.49. The van der Waals surface area contributed by atoms with E-state index < -0.39 is 46.2 Å². The van der Waals surface area contributed by atoms with Crippen LogP contribution in [0.4, 0.5) is 28.9 Å². The van der Waals surface area contributed by atoms with Crippen LogP contribution in [0, 0.1) is 27.3 Å². The molecule has 0 aromatic heterocycles. The van der Waals surface area contributed by atoms with Gasteiger partial charge in [-0.2, -0.15) is 18.4 Å². The maximum Gasteiger partial charge on any atom is 0.419 e. The van der Waals surface area contributed by atoms with E-state index in [1.165, 1.54) is 6.07 Å². The normalized spacial score (nSPS) is 10.8. The van der Waals surface area contributed by atoms with Crippen LogP contribution in [0.1, 0.15) is 12.0 Å². The van der Waals surface area contributed by atoms with Crippen LogP contribution in [0.2, 0.25) is 0 Å². The number of nitrogens with one attached hydrogen (secondary N) is 1. The highest BCUT2D eigenvalue weighted by Gasteiger charge is 2.36. The number of nitriles is 1. The van der Waals surface area contributed by atoms with Gasteiger partial charge in [0.1, 0.15) is 17.9 Å². The third-order valence-electron chi connectivity index (χ3n) is 2.10. The second kappa shape index (κ2) is 5.52. The van der Waals surface area contributed by atoms with Crippen molar-refractivity contribution in [3.8, 4) is 6.07 Å². The monoisotopic (exact) mass is 291 g/mol. The molecule has 0 bridgehead atoms. The van der Waals surface area contributed by atoms with Crippen molar-refractivity contribution in [2.45, 2.75) is 12.6 Å². The summed E-state index contributed by atoms with van der Waals surface area (Å²) in [5.74, 6) is -2.88. The van der Waals surface area contributed by atoms with Crippen LogP contribution in [0.5, 0.6) is 0 Å². The molecule has 1 N–H and O–H groups in total. The van der Waals surface area contributed by atoms with Gasteiger partial charge in [-0.15, -0.1) is 0 Å². The molecule has 0 aliphatic heterocycles. The summed E-state index contributed by atoms with van der Waals surface area (Å²) in [4.78, 5) is 20.6. The molecule has 0 spiro atoms. The zero-order valence-electron chi connectivity index (χ0n) is 9.49. The molecule has 0 heterocycles. The Morgan fingerprint density at radius 3 is 2.50 bits per heavy atom. The van der Waals surface area contributed by atoms with E-state index in [0.29, 0.717) is 0 Å². The number of alkyl halides is 3.